The van der Waals surface area contributed by atoms with Crippen LogP contribution in [0.3, 0.4) is 0 Å². The second-order valence-electron chi connectivity index (χ2n) is 3.82. The van der Waals surface area contributed by atoms with Gasteiger partial charge in [0.2, 0.25) is 0 Å². The first kappa shape index (κ1) is 16.3. The molecule has 0 atom stereocenters. The van der Waals surface area contributed by atoms with E-state index in [4.69, 9.17) is 29.0 Å². The Kier molecular flexibility index (Phi) is 4.95. The minimum atomic E-state index is -3.92. The summed E-state index contributed by atoms with van der Waals surface area (Å²) in [5.41, 5.74) is 2.38. The molecule has 112 valence electrons. The normalized spacial score (nSPS) is 11.2. The molecule has 0 aliphatic rings. The van der Waals surface area contributed by atoms with Crippen LogP contribution in [0.25, 0.3) is 0 Å². The van der Waals surface area contributed by atoms with E-state index in [2.05, 4.69) is 31.1 Å². The SMILES string of the molecule is NNc1ncccc1S(=O)(=O)Nc1ccc(Br)c(Cl)c1Cl. The van der Waals surface area contributed by atoms with Gasteiger partial charge in [-0.1, -0.05) is 23.2 Å². The number of nitrogens with one attached hydrogen (secondary N) is 2. The number of rotatable bonds is 4. The highest BCUT2D eigenvalue weighted by atomic mass is 79.9. The average molecular weight is 412 g/mol. The van der Waals surface area contributed by atoms with Crippen LogP contribution in [0, 0.1) is 0 Å². The summed E-state index contributed by atoms with van der Waals surface area (Å²) in [7, 11) is -3.92. The summed E-state index contributed by atoms with van der Waals surface area (Å²) in [5.74, 6) is 5.27. The lowest BCUT2D eigenvalue weighted by Crippen LogP contribution is -2.18. The Morgan fingerprint density at radius 2 is 1.90 bits per heavy atom. The van der Waals surface area contributed by atoms with Crippen LogP contribution < -0.4 is 16.0 Å². The summed E-state index contributed by atoms with van der Waals surface area (Å²) in [4.78, 5) is 3.73. The third-order valence-electron chi connectivity index (χ3n) is 2.48. The first-order valence-electron chi connectivity index (χ1n) is 5.45. The molecular formula is C11H9BrCl2N4O2S. The Bertz CT molecular complexity index is 786. The number of aromatic nitrogens is 1. The highest BCUT2D eigenvalue weighted by Crippen LogP contribution is 2.37. The Balaban J connectivity index is 2.45. The van der Waals surface area contributed by atoms with Crippen LogP contribution in [0.2, 0.25) is 10.0 Å². The number of anilines is 2. The molecule has 2 aromatic rings. The van der Waals surface area contributed by atoms with Crippen molar-refractivity contribution in [1.29, 1.82) is 0 Å². The van der Waals surface area contributed by atoms with Crippen LogP contribution in [0.5, 0.6) is 0 Å². The van der Waals surface area contributed by atoms with E-state index in [1.165, 1.54) is 24.4 Å². The number of nitrogens with zero attached hydrogens (tertiary/aromatic N) is 1. The van der Waals surface area contributed by atoms with Crippen LogP contribution in [0.4, 0.5) is 11.5 Å². The van der Waals surface area contributed by atoms with Gasteiger partial charge in [0.05, 0.1) is 15.7 Å². The second kappa shape index (κ2) is 6.37. The monoisotopic (exact) mass is 410 g/mol. The van der Waals surface area contributed by atoms with E-state index in [1.54, 1.807) is 6.07 Å². The first-order chi connectivity index (χ1) is 9.86. The van der Waals surface area contributed by atoms with Crippen LogP contribution in [0.1, 0.15) is 0 Å². The van der Waals surface area contributed by atoms with Crippen molar-refractivity contribution < 1.29 is 8.42 Å². The maximum Gasteiger partial charge on any atom is 0.265 e. The van der Waals surface area contributed by atoms with Gasteiger partial charge in [-0.25, -0.2) is 19.2 Å². The molecule has 0 aliphatic carbocycles. The number of sulfonamides is 1. The molecule has 0 radical (unpaired) electrons. The van der Waals surface area contributed by atoms with Gasteiger partial charge in [0, 0.05) is 10.7 Å². The van der Waals surface area contributed by atoms with E-state index in [0.29, 0.717) is 4.47 Å². The second-order valence-corrected chi connectivity index (χ2v) is 7.08. The Labute approximate surface area is 139 Å². The quantitative estimate of drug-likeness (QED) is 0.407. The zero-order valence-electron chi connectivity index (χ0n) is 10.3. The Morgan fingerprint density at radius 3 is 2.57 bits per heavy atom. The highest BCUT2D eigenvalue weighted by Gasteiger charge is 2.21. The van der Waals surface area contributed by atoms with E-state index in [9.17, 15) is 8.42 Å². The van der Waals surface area contributed by atoms with Gasteiger partial charge >= 0.3 is 0 Å². The molecule has 0 amide bonds. The summed E-state index contributed by atoms with van der Waals surface area (Å²) in [5, 5.41) is 0.293. The van der Waals surface area contributed by atoms with Gasteiger partial charge in [-0.3, -0.25) is 4.72 Å². The van der Waals surface area contributed by atoms with E-state index >= 15 is 0 Å². The van der Waals surface area contributed by atoms with Crippen molar-refractivity contribution in [2.45, 2.75) is 4.90 Å². The van der Waals surface area contributed by atoms with E-state index in [1.807, 2.05) is 0 Å². The van der Waals surface area contributed by atoms with Crippen molar-refractivity contribution in [1.82, 2.24) is 4.98 Å². The number of nitrogen functional groups attached to an aromatic ring is 1. The minimum Gasteiger partial charge on any atom is -0.307 e. The van der Waals surface area contributed by atoms with Crippen molar-refractivity contribution in [3.05, 3.63) is 45.0 Å². The fourth-order valence-corrected chi connectivity index (χ4v) is 3.59. The number of nitrogens with two attached hydrogens (primary N) is 1. The van der Waals surface area contributed by atoms with Gasteiger partial charge in [0.25, 0.3) is 10.0 Å². The molecule has 21 heavy (non-hydrogen) atoms. The molecule has 1 heterocycles. The number of hydrogen-bond acceptors (Lipinski definition) is 5. The van der Waals surface area contributed by atoms with Crippen molar-refractivity contribution >= 4 is 60.7 Å². The third-order valence-corrected chi connectivity index (χ3v) is 5.64. The molecule has 1 aromatic carbocycles. The lowest BCUT2D eigenvalue weighted by molar-refractivity contribution is 0.601. The third kappa shape index (κ3) is 3.41. The van der Waals surface area contributed by atoms with Gasteiger partial charge in [-0.2, -0.15) is 0 Å². The number of pyridine rings is 1. The molecule has 0 fully saturated rings. The molecule has 0 bridgehead atoms. The summed E-state index contributed by atoms with van der Waals surface area (Å²) in [6.07, 6.45) is 1.41. The van der Waals surface area contributed by atoms with Gasteiger partial charge < -0.3 is 5.43 Å². The van der Waals surface area contributed by atoms with Crippen molar-refractivity contribution in [2.24, 2.45) is 5.84 Å². The molecule has 0 unspecified atom stereocenters. The lowest BCUT2D eigenvalue weighted by Gasteiger charge is -2.13. The summed E-state index contributed by atoms with van der Waals surface area (Å²) < 4.78 is 27.6. The topological polar surface area (TPSA) is 97.1 Å². The highest BCUT2D eigenvalue weighted by molar-refractivity contribution is 9.10. The van der Waals surface area contributed by atoms with Gasteiger partial charge in [0.1, 0.15) is 4.90 Å². The molecule has 4 N–H and O–H groups in total. The van der Waals surface area contributed by atoms with Gasteiger partial charge in [0.15, 0.2) is 5.82 Å². The molecule has 0 spiro atoms. The zero-order chi connectivity index (χ0) is 15.6. The predicted molar refractivity (Wildman–Crippen MR) is 87.0 cm³/mol. The predicted octanol–water partition coefficient (Wildman–Crippen LogP) is 3.24. The number of halogens is 3. The molecule has 1 aromatic heterocycles. The fourth-order valence-electron chi connectivity index (χ4n) is 1.52. The van der Waals surface area contributed by atoms with Crippen molar-refractivity contribution in [3.8, 4) is 0 Å². The number of hydrazine groups is 1. The molecule has 0 saturated heterocycles. The zero-order valence-corrected chi connectivity index (χ0v) is 14.2. The first-order valence-corrected chi connectivity index (χ1v) is 8.48. The summed E-state index contributed by atoms with van der Waals surface area (Å²) >= 11 is 15.2. The van der Waals surface area contributed by atoms with E-state index < -0.39 is 10.0 Å². The Morgan fingerprint density at radius 1 is 1.19 bits per heavy atom. The summed E-state index contributed by atoms with van der Waals surface area (Å²) in [6.45, 7) is 0. The molecule has 6 nitrogen and oxygen atoms in total. The number of hydrogen-bond donors (Lipinski definition) is 3. The maximum atomic E-state index is 12.4. The van der Waals surface area contributed by atoms with Gasteiger partial charge in [-0.05, 0) is 40.2 Å². The Hall–Kier alpha value is -1.06. The van der Waals surface area contributed by atoms with Crippen LogP contribution in [0.15, 0.2) is 39.8 Å². The number of benzene rings is 1. The minimum absolute atomic E-state index is 0.0179. The van der Waals surface area contributed by atoms with Gasteiger partial charge in [-0.15, -0.1) is 0 Å². The van der Waals surface area contributed by atoms with E-state index in [-0.39, 0.29) is 26.4 Å². The van der Waals surface area contributed by atoms with Crippen molar-refractivity contribution in [3.63, 3.8) is 0 Å². The molecular weight excluding hydrogens is 403 g/mol. The molecule has 0 aliphatic heterocycles. The lowest BCUT2D eigenvalue weighted by atomic mass is 10.3. The maximum absolute atomic E-state index is 12.4. The largest absolute Gasteiger partial charge is 0.307 e. The fraction of sp³-hybridized carbons (Fsp3) is 0. The van der Waals surface area contributed by atoms with E-state index in [0.717, 1.165) is 0 Å². The molecule has 0 saturated carbocycles. The van der Waals surface area contributed by atoms with Crippen molar-refractivity contribution in [2.75, 3.05) is 10.1 Å². The molecule has 10 heteroatoms. The standard InChI is InChI=1S/C11H9BrCl2N4O2S/c12-6-3-4-7(10(14)9(6)13)18-21(19,20)8-2-1-5-16-11(8)17-15/h1-5,18H,15H2,(H,16,17). The smallest absolute Gasteiger partial charge is 0.265 e. The van der Waals surface area contributed by atoms with Crippen LogP contribution in [-0.4, -0.2) is 13.4 Å². The summed E-state index contributed by atoms with van der Waals surface area (Å²) in [6, 6.07) is 5.91. The average Bonchev–Trinajstić information content (AvgIpc) is 2.48. The van der Waals surface area contributed by atoms with Crippen LogP contribution >= 0.6 is 39.1 Å². The van der Waals surface area contributed by atoms with Crippen LogP contribution in [-0.2, 0) is 10.0 Å². The molecule has 2 rings (SSSR count).